The van der Waals surface area contributed by atoms with Crippen molar-refractivity contribution in [3.8, 4) is 0 Å². The normalized spacial score (nSPS) is 11.2. The summed E-state index contributed by atoms with van der Waals surface area (Å²) in [6.07, 6.45) is 1.13. The number of amidine groups is 1. The Balaban J connectivity index is 2.96. The van der Waals surface area contributed by atoms with E-state index in [2.05, 4.69) is 20.0 Å². The molecule has 8 heteroatoms. The van der Waals surface area contributed by atoms with Crippen LogP contribution in [0.1, 0.15) is 17.3 Å². The number of hydrogen-bond donors (Lipinski definition) is 2. The van der Waals surface area contributed by atoms with E-state index in [1.807, 2.05) is 0 Å². The summed E-state index contributed by atoms with van der Waals surface area (Å²) >= 11 is 5.63. The third kappa shape index (κ3) is 2.78. The van der Waals surface area contributed by atoms with Gasteiger partial charge in [0.25, 0.3) is 0 Å². The molecule has 0 fully saturated rings. The minimum atomic E-state index is -0.858. The average molecular weight is 230 g/mol. The summed E-state index contributed by atoms with van der Waals surface area (Å²) in [5, 5.41) is 3.16. The topological polar surface area (TPSA) is 116 Å². The van der Waals surface area contributed by atoms with Gasteiger partial charge < -0.3 is 16.3 Å². The first-order valence-corrected chi connectivity index (χ1v) is 4.17. The number of carbonyl (C=O) groups excluding carboxylic acids is 1. The molecule has 1 aromatic heterocycles. The highest BCUT2D eigenvalue weighted by Gasteiger charge is 2.18. The Hall–Kier alpha value is -1.89. The van der Waals surface area contributed by atoms with Crippen LogP contribution in [0.25, 0.3) is 0 Å². The maximum Gasteiger partial charge on any atom is 0.372 e. The van der Waals surface area contributed by atoms with Gasteiger partial charge in [-0.3, -0.25) is 0 Å². The molecular weight excluding hydrogens is 222 g/mol. The molecule has 0 aromatic carbocycles. The predicted molar refractivity (Wildman–Crippen MR) is 54.2 cm³/mol. The van der Waals surface area contributed by atoms with Gasteiger partial charge in [0.05, 0.1) is 0 Å². The van der Waals surface area contributed by atoms with Crippen molar-refractivity contribution < 1.29 is 9.63 Å². The van der Waals surface area contributed by atoms with Crippen LogP contribution in [0.3, 0.4) is 0 Å². The van der Waals surface area contributed by atoms with Crippen molar-refractivity contribution >= 4 is 29.2 Å². The number of nitrogens with zero attached hydrogens (tertiary/aromatic N) is 3. The number of rotatable bonds is 2. The van der Waals surface area contributed by atoms with Gasteiger partial charge in [-0.1, -0.05) is 16.8 Å². The van der Waals surface area contributed by atoms with Crippen molar-refractivity contribution in [3.05, 3.63) is 17.0 Å². The van der Waals surface area contributed by atoms with Crippen molar-refractivity contribution in [2.24, 2.45) is 10.9 Å². The second-order valence-corrected chi connectivity index (χ2v) is 2.89. The van der Waals surface area contributed by atoms with Crippen LogP contribution in [-0.4, -0.2) is 21.8 Å². The Bertz CT molecular complexity index is 396. The molecule has 0 saturated carbocycles. The maximum atomic E-state index is 11.4. The van der Waals surface area contributed by atoms with Crippen LogP contribution in [0.5, 0.6) is 0 Å². The van der Waals surface area contributed by atoms with Gasteiger partial charge in [0.2, 0.25) is 0 Å². The standard InChI is InChI=1S/C7H8ClN5O2/c1-3(9)13-15-7(14)4-5(8)11-2-12-6(4)10/h2H,1H3,(H2,9,13)(H2,10,11,12). The van der Waals surface area contributed by atoms with Gasteiger partial charge in [0, 0.05) is 0 Å². The lowest BCUT2D eigenvalue weighted by atomic mass is 10.3. The highest BCUT2D eigenvalue weighted by Crippen LogP contribution is 2.17. The van der Waals surface area contributed by atoms with E-state index < -0.39 is 5.97 Å². The van der Waals surface area contributed by atoms with E-state index >= 15 is 0 Å². The first-order chi connectivity index (χ1) is 7.02. The third-order valence-electron chi connectivity index (χ3n) is 1.31. The molecule has 0 amide bonds. The molecule has 1 rings (SSSR count). The number of aromatic nitrogens is 2. The van der Waals surface area contributed by atoms with Crippen LogP contribution in [0.2, 0.25) is 5.15 Å². The van der Waals surface area contributed by atoms with E-state index in [1.54, 1.807) is 0 Å². The molecule has 15 heavy (non-hydrogen) atoms. The lowest BCUT2D eigenvalue weighted by Crippen LogP contribution is -2.12. The van der Waals surface area contributed by atoms with Gasteiger partial charge in [-0.05, 0) is 6.92 Å². The number of halogens is 1. The zero-order valence-corrected chi connectivity index (χ0v) is 8.52. The van der Waals surface area contributed by atoms with Crippen LogP contribution in [0.15, 0.2) is 11.5 Å². The quantitative estimate of drug-likeness (QED) is 0.245. The molecule has 80 valence electrons. The molecule has 4 N–H and O–H groups in total. The van der Waals surface area contributed by atoms with Gasteiger partial charge in [-0.2, -0.15) is 0 Å². The second-order valence-electron chi connectivity index (χ2n) is 2.54. The van der Waals surface area contributed by atoms with E-state index in [0.29, 0.717) is 0 Å². The molecule has 0 aliphatic rings. The lowest BCUT2D eigenvalue weighted by Gasteiger charge is -2.02. The molecule has 0 radical (unpaired) electrons. The maximum absolute atomic E-state index is 11.4. The van der Waals surface area contributed by atoms with E-state index in [1.165, 1.54) is 6.92 Å². The lowest BCUT2D eigenvalue weighted by molar-refractivity contribution is 0.0516. The SMILES string of the molecule is C/C(N)=N/OC(=O)c1c(N)ncnc1Cl. The van der Waals surface area contributed by atoms with Crippen molar-refractivity contribution in [2.75, 3.05) is 5.73 Å². The zero-order valence-electron chi connectivity index (χ0n) is 7.77. The molecule has 0 aliphatic heterocycles. The molecule has 7 nitrogen and oxygen atoms in total. The van der Waals surface area contributed by atoms with E-state index in [4.69, 9.17) is 23.1 Å². The second kappa shape index (κ2) is 4.56. The monoisotopic (exact) mass is 229 g/mol. The molecule has 1 aromatic rings. The van der Waals surface area contributed by atoms with Crippen molar-refractivity contribution in [2.45, 2.75) is 6.92 Å². The van der Waals surface area contributed by atoms with E-state index in [-0.39, 0.29) is 22.4 Å². The molecule has 0 atom stereocenters. The van der Waals surface area contributed by atoms with Crippen LogP contribution >= 0.6 is 11.6 Å². The Labute approximate surface area is 90.1 Å². The highest BCUT2D eigenvalue weighted by atomic mass is 35.5. The summed E-state index contributed by atoms with van der Waals surface area (Å²) < 4.78 is 0. The Kier molecular flexibility index (Phi) is 3.40. The molecule has 0 saturated heterocycles. The first-order valence-electron chi connectivity index (χ1n) is 3.79. The summed E-state index contributed by atoms with van der Waals surface area (Å²) in [4.78, 5) is 23.0. The van der Waals surface area contributed by atoms with Crippen LogP contribution in [0.4, 0.5) is 5.82 Å². The predicted octanol–water partition coefficient (Wildman–Crippen LogP) is 0.161. The summed E-state index contributed by atoms with van der Waals surface area (Å²) in [5.74, 6) is -0.845. The number of carbonyl (C=O) groups is 1. The fraction of sp³-hybridized carbons (Fsp3) is 0.143. The number of nitrogens with two attached hydrogens (primary N) is 2. The molecule has 0 aliphatic carbocycles. The van der Waals surface area contributed by atoms with Crippen LogP contribution in [0, 0.1) is 0 Å². The molecule has 0 spiro atoms. The Morgan fingerprint density at radius 3 is 2.80 bits per heavy atom. The van der Waals surface area contributed by atoms with E-state index in [9.17, 15) is 4.79 Å². The first kappa shape index (κ1) is 11.2. The largest absolute Gasteiger partial charge is 0.385 e. The Morgan fingerprint density at radius 1 is 1.60 bits per heavy atom. The number of oxime groups is 1. The molecular formula is C7H8ClN5O2. The smallest absolute Gasteiger partial charge is 0.372 e. The summed E-state index contributed by atoms with van der Waals surface area (Å²) in [6, 6.07) is 0. The number of anilines is 1. The minimum absolute atomic E-state index is 0.0788. The molecule has 0 bridgehead atoms. The van der Waals surface area contributed by atoms with Gasteiger partial charge in [0.15, 0.2) is 0 Å². The van der Waals surface area contributed by atoms with Gasteiger partial charge >= 0.3 is 5.97 Å². The molecule has 1 heterocycles. The van der Waals surface area contributed by atoms with Crippen molar-refractivity contribution in [1.82, 2.24) is 9.97 Å². The third-order valence-corrected chi connectivity index (χ3v) is 1.59. The minimum Gasteiger partial charge on any atom is -0.385 e. The van der Waals surface area contributed by atoms with Crippen molar-refractivity contribution in [1.29, 1.82) is 0 Å². The van der Waals surface area contributed by atoms with E-state index in [0.717, 1.165) is 6.33 Å². The Morgan fingerprint density at radius 2 is 2.27 bits per heavy atom. The summed E-state index contributed by atoms with van der Waals surface area (Å²) in [6.45, 7) is 1.46. The van der Waals surface area contributed by atoms with Gasteiger partial charge in [-0.15, -0.1) is 0 Å². The summed E-state index contributed by atoms with van der Waals surface area (Å²) in [7, 11) is 0. The highest BCUT2D eigenvalue weighted by molar-refractivity contribution is 6.32. The van der Waals surface area contributed by atoms with Crippen molar-refractivity contribution in [3.63, 3.8) is 0 Å². The van der Waals surface area contributed by atoms with Crippen LogP contribution < -0.4 is 11.5 Å². The van der Waals surface area contributed by atoms with Crippen LogP contribution in [-0.2, 0) is 4.84 Å². The zero-order chi connectivity index (χ0) is 11.4. The average Bonchev–Trinajstić information content (AvgIpc) is 2.14. The molecule has 0 unspecified atom stereocenters. The fourth-order valence-electron chi connectivity index (χ4n) is 0.724. The number of nitrogen functional groups attached to an aromatic ring is 1. The number of hydrogen-bond acceptors (Lipinski definition) is 6. The summed E-state index contributed by atoms with van der Waals surface area (Å²) in [5.41, 5.74) is 10.4. The van der Waals surface area contributed by atoms with Gasteiger partial charge in [-0.25, -0.2) is 14.8 Å². The van der Waals surface area contributed by atoms with Gasteiger partial charge in [0.1, 0.15) is 28.7 Å². The fourth-order valence-corrected chi connectivity index (χ4v) is 0.942.